The summed E-state index contributed by atoms with van der Waals surface area (Å²) in [6.45, 7) is 9.40. The quantitative estimate of drug-likeness (QED) is 0.477. The summed E-state index contributed by atoms with van der Waals surface area (Å²) in [7, 11) is 1.62. The van der Waals surface area contributed by atoms with Crippen molar-refractivity contribution in [1.82, 2.24) is 19.1 Å². The molecule has 1 aromatic carbocycles. The monoisotopic (exact) mass is 434 g/mol. The number of oxazole rings is 1. The van der Waals surface area contributed by atoms with Gasteiger partial charge in [-0.05, 0) is 70.5 Å². The van der Waals surface area contributed by atoms with Gasteiger partial charge in [0.1, 0.15) is 22.9 Å². The van der Waals surface area contributed by atoms with Crippen molar-refractivity contribution in [2.45, 2.75) is 47.3 Å². The predicted octanol–water partition coefficient (Wildman–Crippen LogP) is 3.51. The predicted molar refractivity (Wildman–Crippen MR) is 122 cm³/mol. The molecule has 0 atom stereocenters. The molecule has 0 aliphatic heterocycles. The molecule has 8 heteroatoms. The average Bonchev–Trinajstić information content (AvgIpc) is 3.09. The van der Waals surface area contributed by atoms with Crippen molar-refractivity contribution in [3.8, 4) is 17.2 Å². The van der Waals surface area contributed by atoms with E-state index in [1.807, 2.05) is 58.0 Å². The van der Waals surface area contributed by atoms with Crippen LogP contribution >= 0.6 is 0 Å². The zero-order valence-corrected chi connectivity index (χ0v) is 19.1. The zero-order valence-electron chi connectivity index (χ0n) is 19.1. The summed E-state index contributed by atoms with van der Waals surface area (Å²) < 4.78 is 14.1. The molecule has 0 saturated heterocycles. The van der Waals surface area contributed by atoms with E-state index in [0.29, 0.717) is 28.4 Å². The number of aromatic nitrogens is 4. The second kappa shape index (κ2) is 8.11. The van der Waals surface area contributed by atoms with Crippen LogP contribution in [0.2, 0.25) is 0 Å². The fraction of sp³-hybridized carbons (Fsp3) is 0.333. The number of hydrogen-bond donors (Lipinski definition) is 0. The van der Waals surface area contributed by atoms with Gasteiger partial charge in [-0.2, -0.15) is 0 Å². The molecule has 0 N–H and O–H groups in total. The minimum atomic E-state index is -0.445. The normalized spacial score (nSPS) is 11.5. The Hall–Kier alpha value is -3.68. The first-order chi connectivity index (χ1) is 15.2. The maximum absolute atomic E-state index is 13.2. The summed E-state index contributed by atoms with van der Waals surface area (Å²) in [4.78, 5) is 35.1. The Morgan fingerprint density at radius 1 is 1.06 bits per heavy atom. The molecule has 0 fully saturated rings. The van der Waals surface area contributed by atoms with Crippen LogP contribution in [0, 0.1) is 20.8 Å². The molecular weight excluding hydrogens is 408 g/mol. The molecule has 0 aliphatic carbocycles. The van der Waals surface area contributed by atoms with Gasteiger partial charge in [0.15, 0.2) is 0 Å². The lowest BCUT2D eigenvalue weighted by atomic mass is 10.1. The minimum absolute atomic E-state index is 0.0125. The SMILES string of the molecule is Cc1cc(C)c2c(=O)n(Cc3nc(-c4ccc(OC(C)C)cc4)oc3C)c(=O)n(C)c2n1. The molecule has 4 rings (SSSR count). The molecule has 32 heavy (non-hydrogen) atoms. The Balaban J connectivity index is 1.74. The van der Waals surface area contributed by atoms with Crippen molar-refractivity contribution in [3.63, 3.8) is 0 Å². The lowest BCUT2D eigenvalue weighted by Crippen LogP contribution is -2.40. The van der Waals surface area contributed by atoms with E-state index in [2.05, 4.69) is 9.97 Å². The van der Waals surface area contributed by atoms with E-state index in [9.17, 15) is 9.59 Å². The third-order valence-corrected chi connectivity index (χ3v) is 5.29. The standard InChI is InChI=1S/C24H26N4O4/c1-13(2)31-18-9-7-17(8-10-18)22-26-19(16(5)32-22)12-28-23(29)20-14(3)11-15(4)25-21(20)27(6)24(28)30/h7-11,13H,12H2,1-6H3. The first kappa shape index (κ1) is 21.5. The highest BCUT2D eigenvalue weighted by Crippen LogP contribution is 2.25. The molecule has 3 heterocycles. The van der Waals surface area contributed by atoms with Gasteiger partial charge in [0.25, 0.3) is 5.56 Å². The van der Waals surface area contributed by atoms with Crippen molar-refractivity contribution in [3.05, 3.63) is 73.9 Å². The average molecular weight is 434 g/mol. The molecule has 0 radical (unpaired) electrons. The van der Waals surface area contributed by atoms with Crippen LogP contribution in [-0.4, -0.2) is 25.2 Å². The smallest absolute Gasteiger partial charge is 0.332 e. The third-order valence-electron chi connectivity index (χ3n) is 5.29. The molecule has 0 saturated carbocycles. The number of pyridine rings is 1. The van der Waals surface area contributed by atoms with Crippen molar-refractivity contribution in [2.24, 2.45) is 7.05 Å². The molecule has 0 aliphatic rings. The van der Waals surface area contributed by atoms with Gasteiger partial charge in [-0.15, -0.1) is 0 Å². The molecule has 8 nitrogen and oxygen atoms in total. The largest absolute Gasteiger partial charge is 0.491 e. The van der Waals surface area contributed by atoms with Crippen molar-refractivity contribution < 1.29 is 9.15 Å². The van der Waals surface area contributed by atoms with Crippen LogP contribution in [0.4, 0.5) is 0 Å². The second-order valence-corrected chi connectivity index (χ2v) is 8.22. The second-order valence-electron chi connectivity index (χ2n) is 8.22. The number of nitrogens with zero attached hydrogens (tertiary/aromatic N) is 4. The number of benzene rings is 1. The Bertz CT molecular complexity index is 1430. The molecule has 166 valence electrons. The molecule has 0 amide bonds. The summed E-state index contributed by atoms with van der Waals surface area (Å²) in [5, 5.41) is 0.430. The van der Waals surface area contributed by atoms with Crippen LogP contribution in [0.1, 0.15) is 36.6 Å². The van der Waals surface area contributed by atoms with E-state index in [-0.39, 0.29) is 18.2 Å². The Morgan fingerprint density at radius 3 is 2.41 bits per heavy atom. The summed E-state index contributed by atoms with van der Waals surface area (Å²) in [6.07, 6.45) is 0.0852. The zero-order chi connectivity index (χ0) is 23.2. The first-order valence-electron chi connectivity index (χ1n) is 10.5. The molecule has 0 spiro atoms. The maximum atomic E-state index is 13.2. The van der Waals surface area contributed by atoms with Crippen LogP contribution in [0.3, 0.4) is 0 Å². The van der Waals surface area contributed by atoms with Crippen molar-refractivity contribution in [2.75, 3.05) is 0 Å². The topological polar surface area (TPSA) is 92.2 Å². The first-order valence-corrected chi connectivity index (χ1v) is 10.5. The van der Waals surface area contributed by atoms with E-state index in [1.54, 1.807) is 14.0 Å². The lowest BCUT2D eigenvalue weighted by Gasteiger charge is -2.11. The van der Waals surface area contributed by atoms with Gasteiger partial charge >= 0.3 is 5.69 Å². The molecule has 3 aromatic heterocycles. The fourth-order valence-electron chi connectivity index (χ4n) is 3.75. The van der Waals surface area contributed by atoms with Gasteiger partial charge in [-0.1, -0.05) is 0 Å². The number of aryl methyl sites for hydroxylation is 4. The third kappa shape index (κ3) is 3.84. The van der Waals surface area contributed by atoms with Gasteiger partial charge in [0.05, 0.1) is 18.0 Å². The van der Waals surface area contributed by atoms with Crippen LogP contribution in [0.15, 0.2) is 44.3 Å². The Kier molecular flexibility index (Phi) is 5.46. The van der Waals surface area contributed by atoms with Gasteiger partial charge < -0.3 is 9.15 Å². The minimum Gasteiger partial charge on any atom is -0.491 e. The molecule has 0 bridgehead atoms. The number of hydrogen-bond acceptors (Lipinski definition) is 6. The Morgan fingerprint density at radius 2 is 1.75 bits per heavy atom. The van der Waals surface area contributed by atoms with Gasteiger partial charge in [0.2, 0.25) is 5.89 Å². The van der Waals surface area contributed by atoms with Crippen LogP contribution < -0.4 is 16.0 Å². The van der Waals surface area contributed by atoms with E-state index < -0.39 is 5.69 Å². The summed E-state index contributed by atoms with van der Waals surface area (Å²) in [5.41, 5.74) is 2.40. The van der Waals surface area contributed by atoms with E-state index in [1.165, 1.54) is 9.13 Å². The number of rotatable bonds is 5. The summed E-state index contributed by atoms with van der Waals surface area (Å²) in [6, 6.07) is 9.28. The maximum Gasteiger partial charge on any atom is 0.332 e. The van der Waals surface area contributed by atoms with Crippen molar-refractivity contribution in [1.29, 1.82) is 0 Å². The summed E-state index contributed by atoms with van der Waals surface area (Å²) >= 11 is 0. The van der Waals surface area contributed by atoms with E-state index in [0.717, 1.165) is 22.6 Å². The van der Waals surface area contributed by atoms with Gasteiger partial charge in [0, 0.05) is 18.3 Å². The highest BCUT2D eigenvalue weighted by Gasteiger charge is 2.18. The van der Waals surface area contributed by atoms with Crippen molar-refractivity contribution >= 4 is 11.0 Å². The fourth-order valence-corrected chi connectivity index (χ4v) is 3.75. The van der Waals surface area contributed by atoms with Crippen LogP contribution in [0.5, 0.6) is 5.75 Å². The highest BCUT2D eigenvalue weighted by atomic mass is 16.5. The number of ether oxygens (including phenoxy) is 1. The molecular formula is C24H26N4O4. The van der Waals surface area contributed by atoms with Crippen LogP contribution in [-0.2, 0) is 13.6 Å². The van der Waals surface area contributed by atoms with Crippen LogP contribution in [0.25, 0.3) is 22.5 Å². The van der Waals surface area contributed by atoms with E-state index in [4.69, 9.17) is 9.15 Å². The lowest BCUT2D eigenvalue weighted by molar-refractivity contribution is 0.242. The molecule has 0 unspecified atom stereocenters. The highest BCUT2D eigenvalue weighted by molar-refractivity contribution is 5.78. The van der Waals surface area contributed by atoms with Gasteiger partial charge in [-0.25, -0.2) is 14.8 Å². The Labute approximate surface area is 185 Å². The molecule has 4 aromatic rings. The summed E-state index contributed by atoms with van der Waals surface area (Å²) in [5.74, 6) is 1.74. The van der Waals surface area contributed by atoms with E-state index >= 15 is 0 Å². The number of fused-ring (bicyclic) bond motifs is 1. The van der Waals surface area contributed by atoms with Gasteiger partial charge in [-0.3, -0.25) is 13.9 Å².